The van der Waals surface area contributed by atoms with Crippen LogP contribution >= 0.6 is 0 Å². The standard InChI is InChI=1S/C14H18O6/c1-3-19-13(17)9-5-6-10(14(18)20-4-2)11(7-9)12(16)8-15/h5-7,12,15-16H,3-4,8H2,1-2H3. The van der Waals surface area contributed by atoms with Gasteiger partial charge in [-0.2, -0.15) is 0 Å². The van der Waals surface area contributed by atoms with E-state index in [0.29, 0.717) is 0 Å². The smallest absolute Gasteiger partial charge is 0.338 e. The van der Waals surface area contributed by atoms with Gasteiger partial charge in [-0.1, -0.05) is 0 Å². The predicted octanol–water partition coefficient (Wildman–Crippen LogP) is 1.07. The normalized spacial score (nSPS) is 11.8. The second-order valence-electron chi connectivity index (χ2n) is 3.94. The van der Waals surface area contributed by atoms with E-state index in [1.54, 1.807) is 13.8 Å². The van der Waals surface area contributed by atoms with Crippen LogP contribution in [-0.2, 0) is 9.47 Å². The quantitative estimate of drug-likeness (QED) is 0.758. The van der Waals surface area contributed by atoms with Gasteiger partial charge in [0.15, 0.2) is 0 Å². The monoisotopic (exact) mass is 282 g/mol. The molecule has 1 unspecified atom stereocenters. The Labute approximate surface area is 116 Å². The molecule has 1 aromatic rings. The lowest BCUT2D eigenvalue weighted by atomic mass is 9.99. The van der Waals surface area contributed by atoms with Gasteiger partial charge in [0.2, 0.25) is 0 Å². The van der Waals surface area contributed by atoms with Gasteiger partial charge < -0.3 is 19.7 Å². The van der Waals surface area contributed by atoms with Gasteiger partial charge in [0, 0.05) is 0 Å². The molecule has 20 heavy (non-hydrogen) atoms. The molecule has 0 saturated carbocycles. The van der Waals surface area contributed by atoms with Crippen molar-refractivity contribution in [2.75, 3.05) is 19.8 Å². The van der Waals surface area contributed by atoms with E-state index in [1.807, 2.05) is 0 Å². The fourth-order valence-electron chi connectivity index (χ4n) is 1.67. The summed E-state index contributed by atoms with van der Waals surface area (Å²) in [6, 6.07) is 4.11. The highest BCUT2D eigenvalue weighted by atomic mass is 16.5. The van der Waals surface area contributed by atoms with Crippen LogP contribution in [0.4, 0.5) is 0 Å². The number of ether oxygens (including phenoxy) is 2. The molecule has 0 saturated heterocycles. The van der Waals surface area contributed by atoms with Crippen molar-refractivity contribution >= 4 is 11.9 Å². The summed E-state index contributed by atoms with van der Waals surface area (Å²) in [6.07, 6.45) is -1.27. The van der Waals surface area contributed by atoms with Crippen LogP contribution < -0.4 is 0 Å². The largest absolute Gasteiger partial charge is 0.462 e. The fourth-order valence-corrected chi connectivity index (χ4v) is 1.67. The maximum atomic E-state index is 11.8. The van der Waals surface area contributed by atoms with E-state index in [1.165, 1.54) is 18.2 Å². The molecule has 1 aromatic carbocycles. The highest BCUT2D eigenvalue weighted by Crippen LogP contribution is 2.21. The Morgan fingerprint density at radius 2 is 1.75 bits per heavy atom. The Morgan fingerprint density at radius 1 is 1.15 bits per heavy atom. The van der Waals surface area contributed by atoms with Gasteiger partial charge in [-0.05, 0) is 37.6 Å². The number of aliphatic hydroxyl groups is 2. The van der Waals surface area contributed by atoms with Gasteiger partial charge >= 0.3 is 11.9 Å². The first-order valence-corrected chi connectivity index (χ1v) is 6.32. The minimum atomic E-state index is -1.27. The van der Waals surface area contributed by atoms with Crippen LogP contribution in [-0.4, -0.2) is 42.0 Å². The molecule has 0 bridgehead atoms. The van der Waals surface area contributed by atoms with Gasteiger partial charge in [0.25, 0.3) is 0 Å². The SMILES string of the molecule is CCOC(=O)c1ccc(C(=O)OCC)c(C(O)CO)c1. The maximum absolute atomic E-state index is 11.8. The third-order valence-electron chi connectivity index (χ3n) is 2.59. The Hall–Kier alpha value is -1.92. The molecule has 2 N–H and O–H groups in total. The number of carbonyl (C=O) groups is 2. The minimum Gasteiger partial charge on any atom is -0.462 e. The molecule has 0 aliphatic carbocycles. The second kappa shape index (κ2) is 7.62. The van der Waals surface area contributed by atoms with Crippen molar-refractivity contribution in [2.45, 2.75) is 20.0 Å². The maximum Gasteiger partial charge on any atom is 0.338 e. The highest BCUT2D eigenvalue weighted by molar-refractivity contribution is 5.95. The van der Waals surface area contributed by atoms with Gasteiger partial charge in [0.05, 0.1) is 30.9 Å². The number of carbonyl (C=O) groups excluding carboxylic acids is 2. The lowest BCUT2D eigenvalue weighted by molar-refractivity contribution is 0.0498. The third-order valence-corrected chi connectivity index (χ3v) is 2.59. The number of aliphatic hydroxyl groups excluding tert-OH is 2. The van der Waals surface area contributed by atoms with Gasteiger partial charge in [-0.25, -0.2) is 9.59 Å². The van der Waals surface area contributed by atoms with Crippen molar-refractivity contribution in [1.82, 2.24) is 0 Å². The summed E-state index contributed by atoms with van der Waals surface area (Å²) in [7, 11) is 0. The fraction of sp³-hybridized carbons (Fsp3) is 0.429. The zero-order valence-electron chi connectivity index (χ0n) is 11.5. The van der Waals surface area contributed by atoms with Crippen LogP contribution in [0.15, 0.2) is 18.2 Å². The average molecular weight is 282 g/mol. The lowest BCUT2D eigenvalue weighted by Crippen LogP contribution is -2.15. The number of hydrogen-bond donors (Lipinski definition) is 2. The molecular weight excluding hydrogens is 264 g/mol. The van der Waals surface area contributed by atoms with E-state index in [2.05, 4.69) is 0 Å². The number of esters is 2. The summed E-state index contributed by atoms with van der Waals surface area (Å²) in [5, 5.41) is 18.8. The molecule has 0 heterocycles. The summed E-state index contributed by atoms with van der Waals surface area (Å²) < 4.78 is 9.71. The van der Waals surface area contributed by atoms with Crippen molar-refractivity contribution in [1.29, 1.82) is 0 Å². The van der Waals surface area contributed by atoms with E-state index >= 15 is 0 Å². The zero-order valence-corrected chi connectivity index (χ0v) is 11.5. The second-order valence-corrected chi connectivity index (χ2v) is 3.94. The summed E-state index contributed by atoms with van der Waals surface area (Å²) >= 11 is 0. The van der Waals surface area contributed by atoms with Crippen molar-refractivity contribution in [3.8, 4) is 0 Å². The predicted molar refractivity (Wildman–Crippen MR) is 70.4 cm³/mol. The minimum absolute atomic E-state index is 0.112. The van der Waals surface area contributed by atoms with Gasteiger partial charge in [-0.15, -0.1) is 0 Å². The molecule has 0 aliphatic heterocycles. The number of rotatable bonds is 6. The summed E-state index contributed by atoms with van der Waals surface area (Å²) in [6.45, 7) is 3.17. The van der Waals surface area contributed by atoms with E-state index in [4.69, 9.17) is 14.6 Å². The van der Waals surface area contributed by atoms with E-state index < -0.39 is 24.6 Å². The first-order valence-electron chi connectivity index (χ1n) is 6.32. The summed E-state index contributed by atoms with van der Waals surface area (Å²) in [5.74, 6) is -1.18. The van der Waals surface area contributed by atoms with Gasteiger partial charge in [-0.3, -0.25) is 0 Å². The Bertz CT molecular complexity index is 483. The van der Waals surface area contributed by atoms with E-state index in [-0.39, 0.29) is 29.9 Å². The van der Waals surface area contributed by atoms with Crippen LogP contribution in [0.2, 0.25) is 0 Å². The summed E-state index contributed by atoms with van der Waals surface area (Å²) in [4.78, 5) is 23.4. The van der Waals surface area contributed by atoms with Crippen LogP contribution in [0.3, 0.4) is 0 Å². The highest BCUT2D eigenvalue weighted by Gasteiger charge is 2.20. The van der Waals surface area contributed by atoms with E-state index in [0.717, 1.165) is 0 Å². The van der Waals surface area contributed by atoms with Crippen molar-refractivity contribution in [3.63, 3.8) is 0 Å². The van der Waals surface area contributed by atoms with Crippen molar-refractivity contribution in [3.05, 3.63) is 34.9 Å². The Kier molecular flexibility index (Phi) is 6.14. The molecule has 0 fully saturated rings. The first-order chi connectivity index (χ1) is 9.54. The molecule has 6 nitrogen and oxygen atoms in total. The van der Waals surface area contributed by atoms with Crippen molar-refractivity contribution in [2.24, 2.45) is 0 Å². The lowest BCUT2D eigenvalue weighted by Gasteiger charge is -2.14. The summed E-state index contributed by atoms with van der Waals surface area (Å²) in [5.41, 5.74) is 0.445. The molecule has 0 aromatic heterocycles. The van der Waals surface area contributed by atoms with Gasteiger partial charge in [0.1, 0.15) is 6.10 Å². The molecule has 0 aliphatic rings. The number of hydrogen-bond acceptors (Lipinski definition) is 6. The molecular formula is C14H18O6. The third kappa shape index (κ3) is 3.79. The average Bonchev–Trinajstić information content (AvgIpc) is 2.46. The van der Waals surface area contributed by atoms with Crippen LogP contribution in [0.25, 0.3) is 0 Å². The zero-order chi connectivity index (χ0) is 15.1. The van der Waals surface area contributed by atoms with Crippen LogP contribution in [0.5, 0.6) is 0 Å². The number of benzene rings is 1. The topological polar surface area (TPSA) is 93.1 Å². The van der Waals surface area contributed by atoms with E-state index in [9.17, 15) is 14.7 Å². The molecule has 1 atom stereocenters. The molecule has 110 valence electrons. The molecule has 6 heteroatoms. The van der Waals surface area contributed by atoms with Crippen LogP contribution in [0.1, 0.15) is 46.2 Å². The van der Waals surface area contributed by atoms with Crippen molar-refractivity contribution < 1.29 is 29.3 Å². The molecule has 0 spiro atoms. The Balaban J connectivity index is 3.19. The first kappa shape index (κ1) is 16.1. The Morgan fingerprint density at radius 3 is 2.30 bits per heavy atom. The van der Waals surface area contributed by atoms with Crippen LogP contribution in [0, 0.1) is 0 Å². The molecule has 0 amide bonds. The molecule has 1 rings (SSSR count). The molecule has 0 radical (unpaired) electrons.